The third-order valence-corrected chi connectivity index (χ3v) is 3.28. The van der Waals surface area contributed by atoms with Gasteiger partial charge in [0.25, 0.3) is 5.56 Å². The van der Waals surface area contributed by atoms with Crippen LogP contribution in [0.3, 0.4) is 0 Å². The zero-order valence-electron chi connectivity index (χ0n) is 10.8. The van der Waals surface area contributed by atoms with Gasteiger partial charge in [-0.15, -0.1) is 0 Å². The third-order valence-electron chi connectivity index (χ3n) is 3.28. The minimum Gasteiger partial charge on any atom is -0.465 e. The van der Waals surface area contributed by atoms with Gasteiger partial charge >= 0.3 is 6.09 Å². The first-order valence-corrected chi connectivity index (χ1v) is 6.28. The molecule has 1 atom stereocenters. The summed E-state index contributed by atoms with van der Waals surface area (Å²) >= 11 is 0. The molecule has 1 saturated heterocycles. The van der Waals surface area contributed by atoms with E-state index in [1.54, 1.807) is 6.07 Å². The van der Waals surface area contributed by atoms with Gasteiger partial charge in [0.2, 0.25) is 0 Å². The highest BCUT2D eigenvalue weighted by Crippen LogP contribution is 2.15. The van der Waals surface area contributed by atoms with Crippen molar-refractivity contribution in [3.63, 3.8) is 0 Å². The lowest BCUT2D eigenvalue weighted by molar-refractivity contribution is 0.119. The van der Waals surface area contributed by atoms with Gasteiger partial charge in [-0.2, -0.15) is 5.26 Å². The van der Waals surface area contributed by atoms with Gasteiger partial charge in [-0.1, -0.05) is 0 Å². The number of nitrogens with zero attached hydrogens (tertiary/aromatic N) is 2. The fourth-order valence-corrected chi connectivity index (χ4v) is 2.30. The van der Waals surface area contributed by atoms with Crippen molar-refractivity contribution in [2.75, 3.05) is 26.3 Å². The molecule has 1 aliphatic heterocycles. The summed E-state index contributed by atoms with van der Waals surface area (Å²) in [4.78, 5) is 26.3. The lowest BCUT2D eigenvalue weighted by Crippen LogP contribution is -2.35. The first-order valence-electron chi connectivity index (χ1n) is 6.28. The van der Waals surface area contributed by atoms with Crippen molar-refractivity contribution in [2.45, 2.75) is 6.42 Å². The van der Waals surface area contributed by atoms with E-state index in [4.69, 9.17) is 15.1 Å². The number of ether oxygens (including phenoxy) is 1. The van der Waals surface area contributed by atoms with Gasteiger partial charge in [-0.05, 0) is 18.1 Å². The second-order valence-electron chi connectivity index (χ2n) is 4.69. The number of amides is 1. The van der Waals surface area contributed by atoms with Crippen LogP contribution in [0.1, 0.15) is 11.1 Å². The lowest BCUT2D eigenvalue weighted by Gasteiger charge is -2.20. The SMILES string of the molecule is N#Cc1c(CC2COCCN(C(=O)O)C2)cc[nH]c1=O. The van der Waals surface area contributed by atoms with E-state index in [1.807, 2.05) is 6.07 Å². The molecule has 1 amide bonds. The minimum atomic E-state index is -0.980. The van der Waals surface area contributed by atoms with Gasteiger partial charge < -0.3 is 19.7 Å². The largest absolute Gasteiger partial charge is 0.465 e. The van der Waals surface area contributed by atoms with E-state index >= 15 is 0 Å². The first-order chi connectivity index (χ1) is 9.61. The van der Waals surface area contributed by atoms with Crippen LogP contribution in [0.25, 0.3) is 0 Å². The summed E-state index contributed by atoms with van der Waals surface area (Å²) in [5, 5.41) is 18.1. The van der Waals surface area contributed by atoms with E-state index in [1.165, 1.54) is 11.1 Å². The molecule has 7 heteroatoms. The first kappa shape index (κ1) is 14.1. The molecule has 0 aromatic carbocycles. The molecule has 20 heavy (non-hydrogen) atoms. The quantitative estimate of drug-likeness (QED) is 0.814. The number of carbonyl (C=O) groups is 1. The Morgan fingerprint density at radius 3 is 3.15 bits per heavy atom. The van der Waals surface area contributed by atoms with Gasteiger partial charge in [0.15, 0.2) is 0 Å². The van der Waals surface area contributed by atoms with E-state index in [0.717, 1.165) is 0 Å². The fraction of sp³-hybridized carbons (Fsp3) is 0.462. The topological polar surface area (TPSA) is 106 Å². The Hall–Kier alpha value is -2.33. The van der Waals surface area contributed by atoms with Gasteiger partial charge in [0.1, 0.15) is 11.6 Å². The maximum Gasteiger partial charge on any atom is 0.407 e. The molecule has 1 aliphatic rings. The van der Waals surface area contributed by atoms with Crippen molar-refractivity contribution in [3.05, 3.63) is 33.7 Å². The Morgan fingerprint density at radius 2 is 2.45 bits per heavy atom. The smallest absolute Gasteiger partial charge is 0.407 e. The molecular formula is C13H15N3O4. The van der Waals surface area contributed by atoms with Crippen LogP contribution in [0.15, 0.2) is 17.1 Å². The molecule has 2 heterocycles. The molecule has 0 aliphatic carbocycles. The molecule has 0 radical (unpaired) electrons. The summed E-state index contributed by atoms with van der Waals surface area (Å²) in [7, 11) is 0. The molecule has 106 valence electrons. The second kappa shape index (κ2) is 6.21. The average Bonchev–Trinajstić information content (AvgIpc) is 2.65. The molecule has 1 fully saturated rings. The van der Waals surface area contributed by atoms with Crippen molar-refractivity contribution in [1.82, 2.24) is 9.88 Å². The number of carboxylic acid groups (broad SMARTS) is 1. The molecule has 0 saturated carbocycles. The molecule has 1 aromatic rings. The molecule has 7 nitrogen and oxygen atoms in total. The Bertz CT molecular complexity index is 590. The average molecular weight is 277 g/mol. The van der Waals surface area contributed by atoms with Gasteiger partial charge in [0.05, 0.1) is 13.2 Å². The van der Waals surface area contributed by atoms with Crippen LogP contribution in [-0.2, 0) is 11.2 Å². The summed E-state index contributed by atoms with van der Waals surface area (Å²) in [5.74, 6) is -0.0671. The number of aromatic nitrogens is 1. The van der Waals surface area contributed by atoms with Crippen LogP contribution in [0, 0.1) is 17.2 Å². The van der Waals surface area contributed by atoms with E-state index in [9.17, 15) is 9.59 Å². The van der Waals surface area contributed by atoms with Crippen LogP contribution in [0.5, 0.6) is 0 Å². The number of H-pyrrole nitrogens is 1. The molecule has 1 unspecified atom stereocenters. The predicted octanol–water partition coefficient (Wildman–Crippen LogP) is 0.415. The second-order valence-corrected chi connectivity index (χ2v) is 4.69. The highest BCUT2D eigenvalue weighted by atomic mass is 16.5. The van der Waals surface area contributed by atoms with E-state index in [2.05, 4.69) is 4.98 Å². The van der Waals surface area contributed by atoms with Crippen molar-refractivity contribution < 1.29 is 14.6 Å². The number of nitrogens with one attached hydrogen (secondary N) is 1. The van der Waals surface area contributed by atoms with E-state index < -0.39 is 11.7 Å². The molecule has 2 N–H and O–H groups in total. The summed E-state index contributed by atoms with van der Waals surface area (Å²) in [6, 6.07) is 3.57. The van der Waals surface area contributed by atoms with Gasteiger partial charge in [-0.25, -0.2) is 4.79 Å². The predicted molar refractivity (Wildman–Crippen MR) is 69.4 cm³/mol. The van der Waals surface area contributed by atoms with Crippen molar-refractivity contribution in [3.8, 4) is 6.07 Å². The number of hydrogen-bond acceptors (Lipinski definition) is 4. The van der Waals surface area contributed by atoms with Crippen molar-refractivity contribution in [2.24, 2.45) is 5.92 Å². The molecule has 0 bridgehead atoms. The Balaban J connectivity index is 2.17. The summed E-state index contributed by atoms with van der Waals surface area (Å²) in [5.41, 5.74) is 0.283. The van der Waals surface area contributed by atoms with Crippen LogP contribution < -0.4 is 5.56 Å². The van der Waals surface area contributed by atoms with Crippen LogP contribution in [0.4, 0.5) is 4.79 Å². The maximum absolute atomic E-state index is 11.5. The Morgan fingerprint density at radius 1 is 1.65 bits per heavy atom. The lowest BCUT2D eigenvalue weighted by atomic mass is 9.97. The number of pyridine rings is 1. The zero-order chi connectivity index (χ0) is 14.5. The molecule has 0 spiro atoms. The van der Waals surface area contributed by atoms with Crippen LogP contribution in [-0.4, -0.2) is 47.4 Å². The number of nitriles is 1. The zero-order valence-corrected chi connectivity index (χ0v) is 10.8. The van der Waals surface area contributed by atoms with Crippen LogP contribution in [0.2, 0.25) is 0 Å². The summed E-state index contributed by atoms with van der Waals surface area (Å²) < 4.78 is 5.39. The van der Waals surface area contributed by atoms with Gasteiger partial charge in [0, 0.05) is 25.2 Å². The van der Waals surface area contributed by atoms with E-state index in [-0.39, 0.29) is 11.5 Å². The summed E-state index contributed by atoms with van der Waals surface area (Å²) in [6.07, 6.45) is 0.952. The Kier molecular flexibility index (Phi) is 4.38. The number of rotatable bonds is 2. The minimum absolute atomic E-state index is 0.0671. The van der Waals surface area contributed by atoms with Gasteiger partial charge in [-0.3, -0.25) is 4.79 Å². The molecule has 2 rings (SSSR count). The van der Waals surface area contributed by atoms with E-state index in [0.29, 0.717) is 38.3 Å². The number of hydrogen-bond donors (Lipinski definition) is 2. The monoisotopic (exact) mass is 277 g/mol. The highest BCUT2D eigenvalue weighted by molar-refractivity contribution is 5.64. The molecular weight excluding hydrogens is 262 g/mol. The van der Waals surface area contributed by atoms with Crippen LogP contribution >= 0.6 is 0 Å². The molecule has 1 aromatic heterocycles. The summed E-state index contributed by atoms with van der Waals surface area (Å²) in [6.45, 7) is 1.46. The Labute approximate surface area is 115 Å². The number of aromatic amines is 1. The standard InChI is InChI=1S/C13H15N3O4/c14-6-11-10(1-2-15-12(11)17)5-9-7-16(13(18)19)3-4-20-8-9/h1-2,9H,3-5,7-8H2,(H,15,17)(H,18,19). The fourth-order valence-electron chi connectivity index (χ4n) is 2.30. The normalized spacial score (nSPS) is 19.1. The van der Waals surface area contributed by atoms with Crippen molar-refractivity contribution in [1.29, 1.82) is 5.26 Å². The third kappa shape index (κ3) is 3.16. The van der Waals surface area contributed by atoms with Crippen molar-refractivity contribution >= 4 is 6.09 Å². The highest BCUT2D eigenvalue weighted by Gasteiger charge is 2.23. The maximum atomic E-state index is 11.5.